The van der Waals surface area contributed by atoms with Crippen molar-refractivity contribution in [3.8, 4) is 5.75 Å². The predicted octanol–water partition coefficient (Wildman–Crippen LogP) is 2.30. The van der Waals surface area contributed by atoms with Crippen LogP contribution in [0.2, 0.25) is 0 Å². The van der Waals surface area contributed by atoms with Crippen LogP contribution in [0.4, 0.5) is 0 Å². The summed E-state index contributed by atoms with van der Waals surface area (Å²) < 4.78 is 5.22. The Balaban J connectivity index is 2.83. The number of aromatic amines is 1. The monoisotopic (exact) mass is 189 g/mol. The van der Waals surface area contributed by atoms with E-state index in [-0.39, 0.29) is 0 Å². The zero-order valence-corrected chi connectivity index (χ0v) is 8.13. The highest BCUT2D eigenvalue weighted by molar-refractivity contribution is 5.99. The first kappa shape index (κ1) is 8.81. The summed E-state index contributed by atoms with van der Waals surface area (Å²) in [5.74, 6) is 0.771. The Morgan fingerprint density at radius 2 is 2.21 bits per heavy atom. The van der Waals surface area contributed by atoms with Crippen LogP contribution in [-0.2, 0) is 0 Å². The van der Waals surface area contributed by atoms with Crippen LogP contribution >= 0.6 is 0 Å². The molecule has 0 aliphatic heterocycles. The van der Waals surface area contributed by atoms with Gasteiger partial charge in [-0.1, -0.05) is 0 Å². The average Bonchev–Trinajstić information content (AvgIpc) is 2.59. The maximum atomic E-state index is 10.7. The van der Waals surface area contributed by atoms with Crippen molar-refractivity contribution in [2.45, 2.75) is 6.92 Å². The number of hydrogen-bond donors (Lipinski definition) is 1. The van der Waals surface area contributed by atoms with Crippen molar-refractivity contribution < 1.29 is 9.53 Å². The molecule has 0 unspecified atom stereocenters. The summed E-state index contributed by atoms with van der Waals surface area (Å²) in [4.78, 5) is 13.8. The molecule has 3 heteroatoms. The number of benzene rings is 1. The van der Waals surface area contributed by atoms with Gasteiger partial charge in [0.1, 0.15) is 5.75 Å². The average molecular weight is 189 g/mol. The lowest BCUT2D eigenvalue weighted by Crippen LogP contribution is -1.86. The van der Waals surface area contributed by atoms with E-state index in [1.807, 2.05) is 19.1 Å². The number of rotatable bonds is 2. The molecule has 2 aromatic rings. The van der Waals surface area contributed by atoms with Gasteiger partial charge in [-0.25, -0.2) is 0 Å². The third-order valence-electron chi connectivity index (χ3n) is 2.28. The third-order valence-corrected chi connectivity index (χ3v) is 2.28. The van der Waals surface area contributed by atoms with E-state index in [4.69, 9.17) is 4.74 Å². The lowest BCUT2D eigenvalue weighted by atomic mass is 10.1. The van der Waals surface area contributed by atoms with Crippen LogP contribution in [-0.4, -0.2) is 18.4 Å². The second-order valence-electron chi connectivity index (χ2n) is 3.25. The van der Waals surface area contributed by atoms with Gasteiger partial charge < -0.3 is 9.72 Å². The summed E-state index contributed by atoms with van der Waals surface area (Å²) in [6, 6.07) is 3.91. The fourth-order valence-electron chi connectivity index (χ4n) is 1.62. The van der Waals surface area contributed by atoms with E-state index in [2.05, 4.69) is 4.98 Å². The van der Waals surface area contributed by atoms with Crippen LogP contribution in [0.1, 0.15) is 15.9 Å². The summed E-state index contributed by atoms with van der Waals surface area (Å²) in [7, 11) is 1.62. The second-order valence-corrected chi connectivity index (χ2v) is 3.25. The molecule has 0 bridgehead atoms. The van der Waals surface area contributed by atoms with Crippen LogP contribution in [0, 0.1) is 6.92 Å². The standard InChI is InChI=1S/C11H11NO2/c1-7-3-9-8(6-13)5-12-11(9)10(4-7)14-2/h3-6,12H,1-2H3. The summed E-state index contributed by atoms with van der Waals surface area (Å²) >= 11 is 0. The van der Waals surface area contributed by atoms with Crippen molar-refractivity contribution in [3.63, 3.8) is 0 Å². The Morgan fingerprint density at radius 1 is 1.43 bits per heavy atom. The topological polar surface area (TPSA) is 42.1 Å². The minimum Gasteiger partial charge on any atom is -0.495 e. The Bertz CT molecular complexity index is 485. The zero-order chi connectivity index (χ0) is 10.1. The number of hydrogen-bond acceptors (Lipinski definition) is 2. The second kappa shape index (κ2) is 3.18. The SMILES string of the molecule is COc1cc(C)cc2c(C=O)c[nH]c12. The molecule has 1 N–H and O–H groups in total. The smallest absolute Gasteiger partial charge is 0.152 e. The fraction of sp³-hybridized carbons (Fsp3) is 0.182. The maximum absolute atomic E-state index is 10.7. The molecule has 0 atom stereocenters. The molecule has 72 valence electrons. The molecule has 1 heterocycles. The van der Waals surface area contributed by atoms with Crippen molar-refractivity contribution in [2.24, 2.45) is 0 Å². The molecule has 0 radical (unpaired) electrons. The van der Waals surface area contributed by atoms with Crippen molar-refractivity contribution in [1.29, 1.82) is 0 Å². The van der Waals surface area contributed by atoms with Gasteiger partial charge in [0, 0.05) is 17.1 Å². The first-order chi connectivity index (χ1) is 6.76. The van der Waals surface area contributed by atoms with Gasteiger partial charge in [0.25, 0.3) is 0 Å². The summed E-state index contributed by atoms with van der Waals surface area (Å²) in [5, 5.41) is 0.914. The Kier molecular flexibility index (Phi) is 2.00. The highest BCUT2D eigenvalue weighted by Crippen LogP contribution is 2.27. The number of aryl methyl sites for hydroxylation is 1. The third kappa shape index (κ3) is 1.18. The molecule has 0 aliphatic carbocycles. The molecule has 0 fully saturated rings. The van der Waals surface area contributed by atoms with Crippen molar-refractivity contribution in [3.05, 3.63) is 29.5 Å². The quantitative estimate of drug-likeness (QED) is 0.736. The zero-order valence-electron chi connectivity index (χ0n) is 8.13. The van der Waals surface area contributed by atoms with Gasteiger partial charge in [-0.3, -0.25) is 4.79 Å². The minimum atomic E-state index is 0.669. The van der Waals surface area contributed by atoms with Crippen LogP contribution in [0.25, 0.3) is 10.9 Å². The number of carbonyl (C=O) groups is 1. The number of nitrogens with one attached hydrogen (secondary N) is 1. The fourth-order valence-corrected chi connectivity index (χ4v) is 1.62. The number of fused-ring (bicyclic) bond motifs is 1. The normalized spacial score (nSPS) is 10.4. The first-order valence-corrected chi connectivity index (χ1v) is 4.37. The van der Waals surface area contributed by atoms with Gasteiger partial charge in [-0.2, -0.15) is 0 Å². The molecule has 1 aromatic heterocycles. The van der Waals surface area contributed by atoms with E-state index >= 15 is 0 Å². The Morgan fingerprint density at radius 3 is 2.86 bits per heavy atom. The van der Waals surface area contributed by atoms with E-state index in [1.165, 1.54) is 0 Å². The highest BCUT2D eigenvalue weighted by Gasteiger charge is 2.07. The van der Waals surface area contributed by atoms with Gasteiger partial charge in [0.2, 0.25) is 0 Å². The molecule has 0 saturated carbocycles. The number of aldehydes is 1. The number of carbonyl (C=O) groups excluding carboxylic acids is 1. The maximum Gasteiger partial charge on any atom is 0.152 e. The summed E-state index contributed by atoms with van der Waals surface area (Å²) in [6.45, 7) is 1.98. The van der Waals surface area contributed by atoms with E-state index in [0.717, 1.165) is 28.5 Å². The van der Waals surface area contributed by atoms with Crippen molar-refractivity contribution >= 4 is 17.2 Å². The molecule has 0 saturated heterocycles. The predicted molar refractivity (Wildman–Crippen MR) is 55.0 cm³/mol. The molecule has 1 aromatic carbocycles. The lowest BCUT2D eigenvalue weighted by molar-refractivity contribution is 0.112. The van der Waals surface area contributed by atoms with Gasteiger partial charge in [-0.15, -0.1) is 0 Å². The van der Waals surface area contributed by atoms with Gasteiger partial charge in [0.05, 0.1) is 12.6 Å². The van der Waals surface area contributed by atoms with Gasteiger partial charge >= 0.3 is 0 Å². The van der Waals surface area contributed by atoms with Crippen LogP contribution < -0.4 is 4.74 Å². The van der Waals surface area contributed by atoms with Crippen molar-refractivity contribution in [2.75, 3.05) is 7.11 Å². The molecule has 2 rings (SSSR count). The van der Waals surface area contributed by atoms with E-state index in [0.29, 0.717) is 5.56 Å². The highest BCUT2D eigenvalue weighted by atomic mass is 16.5. The van der Waals surface area contributed by atoms with Gasteiger partial charge in [0.15, 0.2) is 6.29 Å². The summed E-state index contributed by atoms with van der Waals surface area (Å²) in [6.07, 6.45) is 2.54. The summed E-state index contributed by atoms with van der Waals surface area (Å²) in [5.41, 5.74) is 2.62. The lowest BCUT2D eigenvalue weighted by Gasteiger charge is -2.03. The van der Waals surface area contributed by atoms with Crippen LogP contribution in [0.3, 0.4) is 0 Å². The minimum absolute atomic E-state index is 0.669. The first-order valence-electron chi connectivity index (χ1n) is 4.37. The molecular formula is C11H11NO2. The number of methoxy groups -OCH3 is 1. The molecular weight excluding hydrogens is 178 g/mol. The Hall–Kier alpha value is -1.77. The largest absolute Gasteiger partial charge is 0.495 e. The molecule has 3 nitrogen and oxygen atoms in total. The molecule has 0 aliphatic rings. The number of H-pyrrole nitrogens is 1. The molecule has 0 spiro atoms. The van der Waals surface area contributed by atoms with E-state index in [9.17, 15) is 4.79 Å². The van der Waals surface area contributed by atoms with Crippen LogP contribution in [0.15, 0.2) is 18.3 Å². The van der Waals surface area contributed by atoms with Crippen molar-refractivity contribution in [1.82, 2.24) is 4.98 Å². The molecule has 0 amide bonds. The number of ether oxygens (including phenoxy) is 1. The van der Waals surface area contributed by atoms with Crippen LogP contribution in [0.5, 0.6) is 5.75 Å². The number of aromatic nitrogens is 1. The Labute approximate surface area is 81.7 Å². The van der Waals surface area contributed by atoms with E-state index < -0.39 is 0 Å². The molecule has 14 heavy (non-hydrogen) atoms. The van der Waals surface area contributed by atoms with Gasteiger partial charge in [-0.05, 0) is 24.6 Å². The van der Waals surface area contributed by atoms with E-state index in [1.54, 1.807) is 13.3 Å².